The van der Waals surface area contributed by atoms with E-state index in [2.05, 4.69) is 25.9 Å². The Balaban J connectivity index is 1.37. The number of nitrogens with zero attached hydrogens (tertiary/aromatic N) is 4. The largest absolute Gasteiger partial charge is 0.424 e. The van der Waals surface area contributed by atoms with Gasteiger partial charge in [-0.15, -0.1) is 0 Å². The van der Waals surface area contributed by atoms with Gasteiger partial charge in [0.15, 0.2) is 0 Å². The first-order chi connectivity index (χ1) is 13.2. The Morgan fingerprint density at radius 2 is 1.81 bits per heavy atom. The minimum absolute atomic E-state index is 0.342. The number of hydrogen-bond donors (Lipinski definition) is 1. The lowest BCUT2D eigenvalue weighted by molar-refractivity contribution is -0.0279. The zero-order chi connectivity index (χ0) is 18.5. The molecule has 0 bridgehead atoms. The molecule has 3 aromatic rings. The smallest absolute Gasteiger partial charge is 0.321 e. The Morgan fingerprint density at radius 3 is 2.56 bits per heavy atom. The van der Waals surface area contributed by atoms with Crippen LogP contribution in [0.5, 0.6) is 11.8 Å². The van der Waals surface area contributed by atoms with Gasteiger partial charge in [-0.05, 0) is 42.7 Å². The van der Waals surface area contributed by atoms with Gasteiger partial charge in [-0.25, -0.2) is 9.97 Å². The molecule has 138 valence electrons. The van der Waals surface area contributed by atoms with Crippen molar-refractivity contribution in [3.05, 3.63) is 78.4 Å². The van der Waals surface area contributed by atoms with Crippen molar-refractivity contribution < 1.29 is 9.84 Å². The van der Waals surface area contributed by atoms with E-state index in [1.165, 1.54) is 0 Å². The van der Waals surface area contributed by atoms with Crippen LogP contribution in [0.4, 0.5) is 0 Å². The molecule has 0 atom stereocenters. The second kappa shape index (κ2) is 7.82. The van der Waals surface area contributed by atoms with Crippen molar-refractivity contribution in [3.8, 4) is 11.8 Å². The third-order valence-corrected chi connectivity index (χ3v) is 4.94. The molecule has 0 spiro atoms. The second-order valence-electron chi connectivity index (χ2n) is 6.83. The number of piperidine rings is 1. The van der Waals surface area contributed by atoms with Crippen molar-refractivity contribution in [3.63, 3.8) is 0 Å². The molecule has 0 aliphatic carbocycles. The summed E-state index contributed by atoms with van der Waals surface area (Å²) in [5, 5.41) is 10.9. The van der Waals surface area contributed by atoms with E-state index < -0.39 is 5.60 Å². The monoisotopic (exact) mass is 362 g/mol. The highest BCUT2D eigenvalue weighted by Crippen LogP contribution is 2.33. The molecule has 27 heavy (non-hydrogen) atoms. The number of hydrogen-bond acceptors (Lipinski definition) is 6. The van der Waals surface area contributed by atoms with Crippen LogP contribution in [0.15, 0.2) is 67.3 Å². The van der Waals surface area contributed by atoms with Gasteiger partial charge in [0.2, 0.25) is 0 Å². The number of pyridine rings is 1. The first-order valence-corrected chi connectivity index (χ1v) is 9.10. The maximum absolute atomic E-state index is 10.9. The van der Waals surface area contributed by atoms with Gasteiger partial charge < -0.3 is 9.84 Å². The van der Waals surface area contributed by atoms with Crippen LogP contribution >= 0.6 is 0 Å². The summed E-state index contributed by atoms with van der Waals surface area (Å²) in [6.45, 7) is 2.48. The van der Waals surface area contributed by atoms with Crippen LogP contribution < -0.4 is 4.74 Å². The standard InChI is InChI=1S/C21H22N4O2/c26-21(18-5-2-9-22-15-18)7-12-25(13-8-21)16-17-4-1-6-19(14-17)27-20-23-10-3-11-24-20/h1-6,9-11,14-15,26H,7-8,12-13,16H2. The molecule has 2 aromatic heterocycles. The molecule has 6 heteroatoms. The molecule has 1 fully saturated rings. The predicted octanol–water partition coefficient (Wildman–Crippen LogP) is 3.15. The highest BCUT2D eigenvalue weighted by atomic mass is 16.5. The average Bonchev–Trinajstić information content (AvgIpc) is 2.72. The Hall–Kier alpha value is -2.83. The Bertz CT molecular complexity index is 866. The van der Waals surface area contributed by atoms with Crippen molar-refractivity contribution in [1.82, 2.24) is 19.9 Å². The molecule has 0 radical (unpaired) electrons. The molecule has 4 rings (SSSR count). The van der Waals surface area contributed by atoms with Gasteiger partial charge in [0.05, 0.1) is 5.60 Å². The Kier molecular flexibility index (Phi) is 5.09. The number of benzene rings is 1. The fourth-order valence-electron chi connectivity index (χ4n) is 3.42. The predicted molar refractivity (Wildman–Crippen MR) is 101 cm³/mol. The van der Waals surface area contributed by atoms with Crippen LogP contribution in [-0.2, 0) is 12.1 Å². The van der Waals surface area contributed by atoms with Crippen LogP contribution in [0.2, 0.25) is 0 Å². The van der Waals surface area contributed by atoms with E-state index in [4.69, 9.17) is 4.74 Å². The average molecular weight is 362 g/mol. The minimum Gasteiger partial charge on any atom is -0.424 e. The van der Waals surface area contributed by atoms with Gasteiger partial charge in [0.1, 0.15) is 5.75 Å². The molecule has 3 heterocycles. The van der Waals surface area contributed by atoms with Crippen molar-refractivity contribution in [2.75, 3.05) is 13.1 Å². The maximum atomic E-state index is 10.9. The normalized spacial score (nSPS) is 16.8. The van der Waals surface area contributed by atoms with Crippen molar-refractivity contribution in [2.24, 2.45) is 0 Å². The number of aliphatic hydroxyl groups is 1. The zero-order valence-corrected chi connectivity index (χ0v) is 15.0. The summed E-state index contributed by atoms with van der Waals surface area (Å²) < 4.78 is 5.71. The molecule has 0 amide bonds. The molecule has 1 N–H and O–H groups in total. The number of ether oxygens (including phenoxy) is 1. The van der Waals surface area contributed by atoms with E-state index in [0.717, 1.165) is 36.5 Å². The first-order valence-electron chi connectivity index (χ1n) is 9.10. The highest BCUT2D eigenvalue weighted by Gasteiger charge is 2.34. The second-order valence-corrected chi connectivity index (χ2v) is 6.83. The van der Waals surface area contributed by atoms with Gasteiger partial charge in [-0.3, -0.25) is 9.88 Å². The third-order valence-electron chi connectivity index (χ3n) is 4.94. The molecular formula is C21H22N4O2. The summed E-state index contributed by atoms with van der Waals surface area (Å²) in [7, 11) is 0. The third kappa shape index (κ3) is 4.30. The van der Waals surface area contributed by atoms with Crippen LogP contribution in [0.25, 0.3) is 0 Å². The topological polar surface area (TPSA) is 71.4 Å². The number of likely N-dealkylation sites (tertiary alicyclic amines) is 1. The lowest BCUT2D eigenvalue weighted by Gasteiger charge is -2.38. The van der Waals surface area contributed by atoms with Crippen LogP contribution in [0.1, 0.15) is 24.0 Å². The van der Waals surface area contributed by atoms with Gasteiger partial charge in [0, 0.05) is 50.0 Å². The maximum Gasteiger partial charge on any atom is 0.321 e. The molecule has 6 nitrogen and oxygen atoms in total. The molecule has 1 aliphatic rings. The zero-order valence-electron chi connectivity index (χ0n) is 15.0. The van der Waals surface area contributed by atoms with Gasteiger partial charge >= 0.3 is 6.01 Å². The Labute approximate surface area is 158 Å². The van der Waals surface area contributed by atoms with E-state index in [0.29, 0.717) is 18.9 Å². The quantitative estimate of drug-likeness (QED) is 0.752. The summed E-state index contributed by atoms with van der Waals surface area (Å²) in [5.41, 5.74) is 1.29. The molecule has 1 aliphatic heterocycles. The van der Waals surface area contributed by atoms with Crippen LogP contribution in [0, 0.1) is 0 Å². The summed E-state index contributed by atoms with van der Waals surface area (Å²) in [6, 6.07) is 13.9. The lowest BCUT2D eigenvalue weighted by Crippen LogP contribution is -2.42. The molecule has 0 saturated carbocycles. The van der Waals surface area contributed by atoms with Gasteiger partial charge in [-0.2, -0.15) is 0 Å². The summed E-state index contributed by atoms with van der Waals surface area (Å²) >= 11 is 0. The summed E-state index contributed by atoms with van der Waals surface area (Å²) in [4.78, 5) is 14.7. The van der Waals surface area contributed by atoms with Gasteiger partial charge in [0.25, 0.3) is 0 Å². The van der Waals surface area contributed by atoms with Crippen LogP contribution in [0.3, 0.4) is 0 Å². The lowest BCUT2D eigenvalue weighted by atomic mass is 9.85. The van der Waals surface area contributed by atoms with Crippen LogP contribution in [-0.4, -0.2) is 38.0 Å². The van der Waals surface area contributed by atoms with Gasteiger partial charge in [-0.1, -0.05) is 18.2 Å². The number of rotatable bonds is 5. The van der Waals surface area contributed by atoms with Crippen molar-refractivity contribution >= 4 is 0 Å². The SMILES string of the molecule is OC1(c2cccnc2)CCN(Cc2cccc(Oc3ncccn3)c2)CC1. The van der Waals surface area contributed by atoms with E-state index in [9.17, 15) is 5.11 Å². The fourth-order valence-corrected chi connectivity index (χ4v) is 3.42. The van der Waals surface area contributed by atoms with E-state index in [1.54, 1.807) is 30.9 Å². The summed E-state index contributed by atoms with van der Waals surface area (Å²) in [6.07, 6.45) is 8.21. The fraction of sp³-hybridized carbons (Fsp3) is 0.286. The highest BCUT2D eigenvalue weighted by molar-refractivity contribution is 5.30. The van der Waals surface area contributed by atoms with E-state index in [-0.39, 0.29) is 0 Å². The van der Waals surface area contributed by atoms with Crippen molar-refractivity contribution in [2.45, 2.75) is 25.0 Å². The number of aromatic nitrogens is 3. The van der Waals surface area contributed by atoms with E-state index in [1.807, 2.05) is 30.3 Å². The Morgan fingerprint density at radius 1 is 1.00 bits per heavy atom. The summed E-state index contributed by atoms with van der Waals surface area (Å²) in [5.74, 6) is 0.725. The minimum atomic E-state index is -0.777. The molecule has 1 saturated heterocycles. The van der Waals surface area contributed by atoms with Crippen molar-refractivity contribution in [1.29, 1.82) is 0 Å². The molecule has 1 aromatic carbocycles. The molecular weight excluding hydrogens is 340 g/mol. The molecule has 0 unspecified atom stereocenters. The first kappa shape index (κ1) is 17.6. The van der Waals surface area contributed by atoms with E-state index >= 15 is 0 Å².